The van der Waals surface area contributed by atoms with Gasteiger partial charge in [-0.1, -0.05) is 26.3 Å². The van der Waals surface area contributed by atoms with Crippen molar-refractivity contribution in [1.29, 1.82) is 0 Å². The molecule has 0 aromatic rings. The third kappa shape index (κ3) is 1.25. The van der Waals surface area contributed by atoms with Gasteiger partial charge in [0.05, 0.1) is 6.42 Å². The second kappa shape index (κ2) is 3.25. The average molecular weight is 226 g/mol. The number of hydrogen-bond acceptors (Lipinski definition) is 0. The van der Waals surface area contributed by atoms with Crippen LogP contribution in [0.25, 0.3) is 4.85 Å². The zero-order chi connectivity index (χ0) is 11.6. The van der Waals surface area contributed by atoms with E-state index in [0.717, 1.165) is 30.1 Å². The van der Waals surface area contributed by atoms with Crippen molar-refractivity contribution in [2.45, 2.75) is 39.5 Å². The van der Waals surface area contributed by atoms with E-state index in [2.05, 4.69) is 30.8 Å². The van der Waals surface area contributed by atoms with E-state index < -0.39 is 0 Å². The SMILES string of the molecule is CCC(C)C1C#[N+]C2=C3C(=CC2)C2CC2CC31. The van der Waals surface area contributed by atoms with Crippen molar-refractivity contribution in [3.05, 3.63) is 27.8 Å². The summed E-state index contributed by atoms with van der Waals surface area (Å²) >= 11 is 0. The van der Waals surface area contributed by atoms with Crippen molar-refractivity contribution in [2.24, 2.45) is 29.6 Å². The summed E-state index contributed by atoms with van der Waals surface area (Å²) in [5.41, 5.74) is 4.71. The maximum absolute atomic E-state index is 4.65. The molecule has 5 unspecified atom stereocenters. The molecule has 5 atom stereocenters. The molecule has 0 amide bonds. The maximum atomic E-state index is 4.65. The van der Waals surface area contributed by atoms with Crippen LogP contribution in [0.3, 0.4) is 0 Å². The molecular weight excluding hydrogens is 206 g/mol. The van der Waals surface area contributed by atoms with E-state index in [-0.39, 0.29) is 0 Å². The molecule has 4 aliphatic rings. The summed E-state index contributed by atoms with van der Waals surface area (Å²) < 4.78 is 0. The predicted molar refractivity (Wildman–Crippen MR) is 69.6 cm³/mol. The molecule has 0 aromatic heterocycles. The van der Waals surface area contributed by atoms with Crippen molar-refractivity contribution >= 4 is 0 Å². The lowest BCUT2D eigenvalue weighted by Gasteiger charge is -2.30. The van der Waals surface area contributed by atoms with Gasteiger partial charge < -0.3 is 0 Å². The van der Waals surface area contributed by atoms with Crippen molar-refractivity contribution in [3.8, 4) is 6.07 Å². The molecule has 0 saturated heterocycles. The first-order chi connectivity index (χ1) is 8.29. The molecule has 0 spiro atoms. The third-order valence-corrected chi connectivity index (χ3v) is 5.43. The molecule has 0 radical (unpaired) electrons. The molecule has 0 bridgehead atoms. The van der Waals surface area contributed by atoms with Crippen molar-refractivity contribution in [2.75, 3.05) is 0 Å². The summed E-state index contributed by atoms with van der Waals surface area (Å²) in [6.45, 7) is 4.67. The van der Waals surface area contributed by atoms with E-state index >= 15 is 0 Å². The van der Waals surface area contributed by atoms with Gasteiger partial charge in [-0.25, -0.2) is 0 Å². The van der Waals surface area contributed by atoms with Gasteiger partial charge in [0.15, 0.2) is 0 Å². The lowest BCUT2D eigenvalue weighted by atomic mass is 9.70. The standard InChI is InChI=1S/C16H20N/c1-3-9(2)14-8-17-15-5-4-11-12-6-10(12)7-13(14)16(11)15/h4,9-10,12-14H,3,5-7H2,1-2H3/q+1. The fourth-order valence-corrected chi connectivity index (χ4v) is 4.16. The zero-order valence-corrected chi connectivity index (χ0v) is 10.7. The molecule has 2 saturated carbocycles. The quantitative estimate of drug-likeness (QED) is 0.663. The summed E-state index contributed by atoms with van der Waals surface area (Å²) in [4.78, 5) is 4.65. The smallest absolute Gasteiger partial charge is 0.0688 e. The maximum Gasteiger partial charge on any atom is 0.324 e. The Hall–Kier alpha value is -1.03. The molecule has 17 heavy (non-hydrogen) atoms. The molecule has 3 aliphatic carbocycles. The first-order valence-corrected chi connectivity index (χ1v) is 7.19. The van der Waals surface area contributed by atoms with Crippen LogP contribution in [0.1, 0.15) is 39.5 Å². The first-order valence-electron chi connectivity index (χ1n) is 7.19. The Balaban J connectivity index is 1.76. The number of allylic oxidation sites excluding steroid dienone is 3. The van der Waals surface area contributed by atoms with Gasteiger partial charge in [-0.15, -0.1) is 0 Å². The Morgan fingerprint density at radius 3 is 3.06 bits per heavy atom. The van der Waals surface area contributed by atoms with Crippen molar-refractivity contribution < 1.29 is 0 Å². The lowest BCUT2D eigenvalue weighted by Crippen LogP contribution is -2.27. The van der Waals surface area contributed by atoms with Gasteiger partial charge in [0, 0.05) is 11.5 Å². The number of fused-ring (bicyclic) bond motifs is 2. The van der Waals surface area contributed by atoms with Crippen LogP contribution >= 0.6 is 0 Å². The van der Waals surface area contributed by atoms with E-state index in [9.17, 15) is 0 Å². The summed E-state index contributed by atoms with van der Waals surface area (Å²) in [5, 5.41) is 0. The van der Waals surface area contributed by atoms with E-state index in [1.165, 1.54) is 25.0 Å². The minimum absolute atomic E-state index is 0.585. The molecule has 1 aliphatic heterocycles. The fraction of sp³-hybridized carbons (Fsp3) is 0.688. The zero-order valence-electron chi connectivity index (χ0n) is 10.7. The first kappa shape index (κ1) is 9.95. The van der Waals surface area contributed by atoms with Gasteiger partial charge in [0.1, 0.15) is 5.92 Å². The highest BCUT2D eigenvalue weighted by Gasteiger charge is 2.55. The Morgan fingerprint density at radius 2 is 2.24 bits per heavy atom. The molecule has 2 fully saturated rings. The molecule has 1 nitrogen and oxygen atoms in total. The molecule has 1 heteroatoms. The molecule has 4 rings (SSSR count). The number of nitrogens with zero attached hydrogens (tertiary/aromatic N) is 1. The van der Waals surface area contributed by atoms with Crippen LogP contribution in [0.5, 0.6) is 0 Å². The Kier molecular flexibility index (Phi) is 1.90. The van der Waals surface area contributed by atoms with Gasteiger partial charge in [-0.3, -0.25) is 0 Å². The fourth-order valence-electron chi connectivity index (χ4n) is 4.16. The van der Waals surface area contributed by atoms with Crippen LogP contribution in [-0.2, 0) is 0 Å². The Morgan fingerprint density at radius 1 is 1.41 bits per heavy atom. The minimum Gasteiger partial charge on any atom is -0.0688 e. The second-order valence-electron chi connectivity index (χ2n) is 6.32. The summed E-state index contributed by atoms with van der Waals surface area (Å²) in [6, 6.07) is 3.47. The van der Waals surface area contributed by atoms with E-state index in [1.807, 2.05) is 0 Å². The number of rotatable bonds is 2. The summed E-state index contributed by atoms with van der Waals surface area (Å²) in [5.74, 6) is 4.00. The van der Waals surface area contributed by atoms with E-state index in [1.54, 1.807) is 11.1 Å². The van der Waals surface area contributed by atoms with E-state index in [0.29, 0.717) is 5.92 Å². The topological polar surface area (TPSA) is 4.36 Å². The van der Waals surface area contributed by atoms with Gasteiger partial charge in [0.25, 0.3) is 6.07 Å². The highest BCUT2D eigenvalue weighted by molar-refractivity contribution is 5.54. The van der Waals surface area contributed by atoms with Crippen LogP contribution in [0.4, 0.5) is 0 Å². The Labute approximate surface area is 103 Å². The number of hydrogen-bond donors (Lipinski definition) is 0. The Bertz CT molecular complexity index is 499. The average Bonchev–Trinajstić information content (AvgIpc) is 3.00. The van der Waals surface area contributed by atoms with Crippen molar-refractivity contribution in [3.63, 3.8) is 0 Å². The highest BCUT2D eigenvalue weighted by atomic mass is 14.7. The molecule has 0 aromatic carbocycles. The third-order valence-electron chi connectivity index (χ3n) is 5.43. The van der Waals surface area contributed by atoms with Gasteiger partial charge in [0.2, 0.25) is 0 Å². The van der Waals surface area contributed by atoms with Gasteiger partial charge in [-0.2, -0.15) is 0 Å². The second-order valence-corrected chi connectivity index (χ2v) is 6.32. The van der Waals surface area contributed by atoms with E-state index in [4.69, 9.17) is 0 Å². The van der Waals surface area contributed by atoms with Crippen LogP contribution in [0.15, 0.2) is 22.9 Å². The monoisotopic (exact) mass is 226 g/mol. The van der Waals surface area contributed by atoms with Crippen LogP contribution in [0.2, 0.25) is 0 Å². The summed E-state index contributed by atoms with van der Waals surface area (Å²) in [7, 11) is 0. The van der Waals surface area contributed by atoms with Crippen LogP contribution < -0.4 is 0 Å². The predicted octanol–water partition coefficient (Wildman–Crippen LogP) is 4.24. The molecule has 1 heterocycles. The normalized spacial score (nSPS) is 42.1. The molecule has 88 valence electrons. The highest BCUT2D eigenvalue weighted by Crippen LogP contribution is 2.61. The van der Waals surface area contributed by atoms with Gasteiger partial charge >= 0.3 is 5.70 Å². The van der Waals surface area contributed by atoms with Crippen molar-refractivity contribution in [1.82, 2.24) is 0 Å². The molecular formula is C16H20N+. The molecule has 0 N–H and O–H groups in total. The largest absolute Gasteiger partial charge is 0.324 e. The lowest BCUT2D eigenvalue weighted by molar-refractivity contribution is 0.294. The minimum atomic E-state index is 0.585. The van der Waals surface area contributed by atoms with Crippen LogP contribution in [-0.4, -0.2) is 0 Å². The summed E-state index contributed by atoms with van der Waals surface area (Å²) in [6.07, 6.45) is 7.67. The van der Waals surface area contributed by atoms with Gasteiger partial charge in [-0.05, 0) is 41.0 Å². The van der Waals surface area contributed by atoms with Crippen LogP contribution in [0, 0.1) is 35.7 Å².